The molecule has 0 bridgehead atoms. The van der Waals surface area contributed by atoms with Gasteiger partial charge in [0.2, 0.25) is 0 Å². The molecular weight excluding hydrogens is 368 g/mol. The number of esters is 1. The molecule has 1 unspecified atom stereocenters. The van der Waals surface area contributed by atoms with Crippen molar-refractivity contribution >= 4 is 5.97 Å². The second kappa shape index (κ2) is 18.5. The molecule has 2 heteroatoms. The smallest absolute Gasteiger partial charge is 0.309 e. The summed E-state index contributed by atoms with van der Waals surface area (Å²) in [5.41, 5.74) is 1.13. The summed E-state index contributed by atoms with van der Waals surface area (Å²) in [6.07, 6.45) is 19.1. The highest BCUT2D eigenvalue weighted by molar-refractivity contribution is 5.72. The van der Waals surface area contributed by atoms with E-state index in [-0.39, 0.29) is 18.0 Å². The Labute approximate surface area is 187 Å². The molecule has 1 aromatic carbocycles. The van der Waals surface area contributed by atoms with Crippen molar-refractivity contribution in [2.45, 2.75) is 130 Å². The van der Waals surface area contributed by atoms with Gasteiger partial charge in [-0.2, -0.15) is 0 Å². The van der Waals surface area contributed by atoms with Crippen LogP contribution in [0.2, 0.25) is 0 Å². The van der Waals surface area contributed by atoms with Crippen molar-refractivity contribution in [1.29, 1.82) is 0 Å². The molecule has 0 aromatic heterocycles. The van der Waals surface area contributed by atoms with E-state index in [0.717, 1.165) is 44.1 Å². The fourth-order valence-corrected chi connectivity index (χ4v) is 4.18. The Hall–Kier alpha value is -1.31. The largest absolute Gasteiger partial charge is 0.457 e. The third-order valence-corrected chi connectivity index (χ3v) is 6.13. The number of hydrogen-bond donors (Lipinski definition) is 0. The molecule has 1 atom stereocenters. The summed E-state index contributed by atoms with van der Waals surface area (Å²) in [6, 6.07) is 10.3. The highest BCUT2D eigenvalue weighted by Crippen LogP contribution is 2.27. The predicted octanol–water partition coefficient (Wildman–Crippen LogP) is 9.19. The molecule has 0 aliphatic carbocycles. The average Bonchev–Trinajstić information content (AvgIpc) is 2.77. The third-order valence-electron chi connectivity index (χ3n) is 6.13. The van der Waals surface area contributed by atoms with Gasteiger partial charge >= 0.3 is 5.97 Å². The summed E-state index contributed by atoms with van der Waals surface area (Å²) in [5, 5.41) is 0. The van der Waals surface area contributed by atoms with Crippen molar-refractivity contribution in [3.05, 3.63) is 35.9 Å². The lowest BCUT2D eigenvalue weighted by Crippen LogP contribution is -2.21. The lowest BCUT2D eigenvalue weighted by atomic mass is 9.94. The number of rotatable bonds is 19. The van der Waals surface area contributed by atoms with Gasteiger partial charge in [-0.05, 0) is 24.8 Å². The molecule has 1 rings (SSSR count). The van der Waals surface area contributed by atoms with E-state index in [9.17, 15) is 4.79 Å². The first kappa shape index (κ1) is 26.7. The SMILES string of the molecule is CCCCCCCCC(CCCCCCCC)C(=O)OC(CCC)c1ccccc1. The molecule has 2 nitrogen and oxygen atoms in total. The first-order chi connectivity index (χ1) is 14.7. The Morgan fingerprint density at radius 2 is 1.17 bits per heavy atom. The van der Waals surface area contributed by atoms with E-state index in [1.165, 1.54) is 64.2 Å². The summed E-state index contributed by atoms with van der Waals surface area (Å²) in [4.78, 5) is 13.1. The van der Waals surface area contributed by atoms with Gasteiger partial charge in [0, 0.05) is 0 Å². The van der Waals surface area contributed by atoms with E-state index >= 15 is 0 Å². The zero-order valence-electron chi connectivity index (χ0n) is 20.2. The maximum Gasteiger partial charge on any atom is 0.309 e. The van der Waals surface area contributed by atoms with Crippen molar-refractivity contribution in [1.82, 2.24) is 0 Å². The van der Waals surface area contributed by atoms with Gasteiger partial charge < -0.3 is 4.74 Å². The number of unbranched alkanes of at least 4 members (excludes halogenated alkanes) is 10. The van der Waals surface area contributed by atoms with Crippen LogP contribution >= 0.6 is 0 Å². The number of ether oxygens (including phenoxy) is 1. The lowest BCUT2D eigenvalue weighted by Gasteiger charge is -2.22. The van der Waals surface area contributed by atoms with Gasteiger partial charge in [0.25, 0.3) is 0 Å². The Morgan fingerprint density at radius 3 is 1.67 bits per heavy atom. The normalized spacial score (nSPS) is 12.3. The van der Waals surface area contributed by atoms with E-state index in [2.05, 4.69) is 32.9 Å². The highest BCUT2D eigenvalue weighted by Gasteiger charge is 2.23. The monoisotopic (exact) mass is 416 g/mol. The van der Waals surface area contributed by atoms with Gasteiger partial charge in [-0.25, -0.2) is 0 Å². The molecule has 0 saturated heterocycles. The van der Waals surface area contributed by atoms with Crippen molar-refractivity contribution in [3.63, 3.8) is 0 Å². The quantitative estimate of drug-likeness (QED) is 0.166. The molecular formula is C28H48O2. The second-order valence-corrected chi connectivity index (χ2v) is 8.93. The fourth-order valence-electron chi connectivity index (χ4n) is 4.18. The Morgan fingerprint density at radius 1 is 0.667 bits per heavy atom. The van der Waals surface area contributed by atoms with Crippen LogP contribution in [-0.4, -0.2) is 5.97 Å². The summed E-state index contributed by atoms with van der Waals surface area (Å²) in [7, 11) is 0. The van der Waals surface area contributed by atoms with Gasteiger partial charge in [-0.15, -0.1) is 0 Å². The van der Waals surface area contributed by atoms with Crippen LogP contribution in [0.1, 0.15) is 135 Å². The van der Waals surface area contributed by atoms with Crippen LogP contribution in [0.5, 0.6) is 0 Å². The maximum absolute atomic E-state index is 13.1. The minimum absolute atomic E-state index is 0.0411. The molecule has 0 saturated carbocycles. The molecule has 0 amide bonds. The van der Waals surface area contributed by atoms with Crippen molar-refractivity contribution in [2.24, 2.45) is 5.92 Å². The van der Waals surface area contributed by atoms with Crippen molar-refractivity contribution < 1.29 is 9.53 Å². The van der Waals surface area contributed by atoms with Gasteiger partial charge in [0.1, 0.15) is 6.10 Å². The average molecular weight is 417 g/mol. The summed E-state index contributed by atoms with van der Waals surface area (Å²) < 4.78 is 6.09. The van der Waals surface area contributed by atoms with Crippen LogP contribution in [0.15, 0.2) is 30.3 Å². The molecule has 0 heterocycles. The van der Waals surface area contributed by atoms with E-state index in [4.69, 9.17) is 4.74 Å². The molecule has 0 aliphatic heterocycles. The van der Waals surface area contributed by atoms with Crippen LogP contribution in [0.4, 0.5) is 0 Å². The minimum Gasteiger partial charge on any atom is -0.457 e. The molecule has 0 radical (unpaired) electrons. The topological polar surface area (TPSA) is 26.3 Å². The molecule has 0 N–H and O–H groups in total. The Kier molecular flexibility index (Phi) is 16.4. The molecule has 0 spiro atoms. The van der Waals surface area contributed by atoms with Crippen LogP contribution in [0.25, 0.3) is 0 Å². The van der Waals surface area contributed by atoms with Gasteiger partial charge in [0.05, 0.1) is 5.92 Å². The van der Waals surface area contributed by atoms with Gasteiger partial charge in [-0.1, -0.05) is 135 Å². The Bertz CT molecular complexity index is 495. The number of benzene rings is 1. The van der Waals surface area contributed by atoms with E-state index in [0.29, 0.717) is 0 Å². The summed E-state index contributed by atoms with van der Waals surface area (Å²) in [6.45, 7) is 6.67. The molecule has 1 aromatic rings. The van der Waals surface area contributed by atoms with Crippen molar-refractivity contribution in [3.8, 4) is 0 Å². The minimum atomic E-state index is -0.0969. The number of carbonyl (C=O) groups excluding carboxylic acids is 1. The van der Waals surface area contributed by atoms with E-state index in [1.54, 1.807) is 0 Å². The zero-order valence-corrected chi connectivity index (χ0v) is 20.2. The first-order valence-corrected chi connectivity index (χ1v) is 13.0. The number of carbonyl (C=O) groups is 1. The van der Waals surface area contributed by atoms with Crippen LogP contribution in [0.3, 0.4) is 0 Å². The molecule has 172 valence electrons. The summed E-state index contributed by atoms with van der Waals surface area (Å²) in [5.74, 6) is 0.116. The zero-order chi connectivity index (χ0) is 21.9. The standard InChI is InChI=1S/C28H48O2/c1-4-7-9-11-13-16-23-26(24-17-14-12-10-8-5-2)28(29)30-27(20-6-3)25-21-18-15-19-22-25/h15,18-19,21-22,26-27H,4-14,16-17,20,23-24H2,1-3H3. The molecule has 0 aliphatic rings. The van der Waals surface area contributed by atoms with Crippen LogP contribution in [0, 0.1) is 5.92 Å². The lowest BCUT2D eigenvalue weighted by molar-refractivity contribution is -0.155. The number of hydrogen-bond acceptors (Lipinski definition) is 2. The second-order valence-electron chi connectivity index (χ2n) is 8.93. The van der Waals surface area contributed by atoms with Gasteiger partial charge in [-0.3, -0.25) is 4.79 Å². The van der Waals surface area contributed by atoms with E-state index < -0.39 is 0 Å². The maximum atomic E-state index is 13.1. The summed E-state index contributed by atoms with van der Waals surface area (Å²) >= 11 is 0. The van der Waals surface area contributed by atoms with Crippen molar-refractivity contribution in [2.75, 3.05) is 0 Å². The van der Waals surface area contributed by atoms with Crippen LogP contribution < -0.4 is 0 Å². The Balaban J connectivity index is 2.56. The molecule has 30 heavy (non-hydrogen) atoms. The van der Waals surface area contributed by atoms with Gasteiger partial charge in [0.15, 0.2) is 0 Å². The predicted molar refractivity (Wildman–Crippen MR) is 130 cm³/mol. The first-order valence-electron chi connectivity index (χ1n) is 13.0. The fraction of sp³-hybridized carbons (Fsp3) is 0.750. The molecule has 0 fully saturated rings. The van der Waals surface area contributed by atoms with Crippen LogP contribution in [-0.2, 0) is 9.53 Å². The third kappa shape index (κ3) is 12.4. The van der Waals surface area contributed by atoms with E-state index in [1.807, 2.05) is 18.2 Å². The highest BCUT2D eigenvalue weighted by atomic mass is 16.5.